The van der Waals surface area contributed by atoms with Crippen LogP contribution in [0.4, 0.5) is 0 Å². The number of Topliss-reactive ketones (excluding diaryl/α,β-unsaturated/α-hetero) is 1. The second-order valence-corrected chi connectivity index (χ2v) is 9.14. The van der Waals surface area contributed by atoms with Crippen LogP contribution in [-0.4, -0.2) is 28.2 Å². The smallest absolute Gasteiger partial charge is 0.139 e. The summed E-state index contributed by atoms with van der Waals surface area (Å²) < 4.78 is 0. The molecule has 3 nitrogen and oxygen atoms in total. The molecule has 8 atom stereocenters. The average Bonchev–Trinajstić information content (AvgIpc) is 2.95. The summed E-state index contributed by atoms with van der Waals surface area (Å²) in [6, 6.07) is 0. The van der Waals surface area contributed by atoms with Gasteiger partial charge in [-0.2, -0.15) is 0 Å². The monoisotopic (exact) mass is 362 g/mol. The van der Waals surface area contributed by atoms with Crippen LogP contribution in [0, 0.1) is 47.3 Å². The molecular formula is C23H38O3. The number of terminal acetylenes is 1. The average molecular weight is 363 g/mol. The first-order valence-electron chi connectivity index (χ1n) is 10.6. The molecule has 0 saturated heterocycles. The van der Waals surface area contributed by atoms with E-state index in [-0.39, 0.29) is 23.0 Å². The first-order chi connectivity index (χ1) is 12.4. The van der Waals surface area contributed by atoms with Crippen molar-refractivity contribution >= 4 is 5.78 Å². The lowest BCUT2D eigenvalue weighted by atomic mass is 9.44. The van der Waals surface area contributed by atoms with Gasteiger partial charge in [0, 0.05) is 11.8 Å². The highest BCUT2D eigenvalue weighted by molar-refractivity contribution is 5.87. The molecule has 0 heterocycles. The van der Waals surface area contributed by atoms with Gasteiger partial charge in [0.2, 0.25) is 0 Å². The predicted molar refractivity (Wildman–Crippen MR) is 105 cm³/mol. The summed E-state index contributed by atoms with van der Waals surface area (Å²) in [6.07, 6.45) is 15.0. The van der Waals surface area contributed by atoms with Gasteiger partial charge in [0.1, 0.15) is 5.78 Å². The molecule has 0 aromatic carbocycles. The Hall–Kier alpha value is -0.850. The van der Waals surface area contributed by atoms with Crippen molar-refractivity contribution in [1.82, 2.24) is 0 Å². The first kappa shape index (κ1) is 21.5. The largest absolute Gasteiger partial charge is 0.393 e. The van der Waals surface area contributed by atoms with Crippen LogP contribution in [0.3, 0.4) is 0 Å². The summed E-state index contributed by atoms with van der Waals surface area (Å²) >= 11 is 0. The molecule has 0 amide bonds. The lowest BCUT2D eigenvalue weighted by Gasteiger charge is -2.61. The Morgan fingerprint density at radius 3 is 2.27 bits per heavy atom. The van der Waals surface area contributed by atoms with E-state index in [2.05, 4.69) is 26.7 Å². The Bertz CT molecular complexity index is 527. The molecule has 4 fully saturated rings. The van der Waals surface area contributed by atoms with Gasteiger partial charge in [0.15, 0.2) is 0 Å². The van der Waals surface area contributed by atoms with Crippen molar-refractivity contribution in [2.45, 2.75) is 91.3 Å². The minimum atomic E-state index is -0.274. The molecular weight excluding hydrogens is 324 g/mol. The van der Waals surface area contributed by atoms with E-state index in [1.807, 2.05) is 13.8 Å². The normalized spacial score (nSPS) is 49.3. The van der Waals surface area contributed by atoms with Crippen LogP contribution in [0.5, 0.6) is 0 Å². The predicted octanol–water partition coefficient (Wildman–Crippen LogP) is 4.21. The third kappa shape index (κ3) is 3.14. The molecule has 0 aromatic heterocycles. The number of ketones is 1. The maximum absolute atomic E-state index is 12.4. The van der Waals surface area contributed by atoms with Crippen LogP contribution in [0.25, 0.3) is 0 Å². The van der Waals surface area contributed by atoms with E-state index in [0.29, 0.717) is 29.5 Å². The molecule has 148 valence electrons. The highest BCUT2D eigenvalue weighted by Crippen LogP contribution is 2.65. The lowest BCUT2D eigenvalue weighted by molar-refractivity contribution is -0.171. The van der Waals surface area contributed by atoms with Crippen molar-refractivity contribution in [2.24, 2.45) is 34.5 Å². The quantitative estimate of drug-likeness (QED) is 0.635. The van der Waals surface area contributed by atoms with Gasteiger partial charge in [0.25, 0.3) is 0 Å². The molecule has 4 saturated carbocycles. The van der Waals surface area contributed by atoms with Crippen molar-refractivity contribution in [2.75, 3.05) is 0 Å². The number of rotatable bonds is 0. The standard InChI is InChI=1S/C19H30O3.C2H6.C2H2/c1-18-7-5-12(20)9-11(18)10-15(21)17-13-3-4-16(22)19(13,2)8-6-14(17)18;2*1-2/h11-15,17,20-21H,3-10H2,1-2H3;1-2H3;1-2H/t11-,12+,13+,14+,15+,17+,18+,19+;;/m1../s1. The second-order valence-electron chi connectivity index (χ2n) is 9.14. The van der Waals surface area contributed by atoms with Gasteiger partial charge < -0.3 is 10.2 Å². The third-order valence-corrected chi connectivity index (χ3v) is 8.36. The molecule has 0 aromatic rings. The fourth-order valence-electron chi connectivity index (χ4n) is 6.97. The maximum atomic E-state index is 12.4. The van der Waals surface area contributed by atoms with Gasteiger partial charge in [-0.05, 0) is 74.0 Å². The van der Waals surface area contributed by atoms with Gasteiger partial charge in [-0.3, -0.25) is 4.79 Å². The van der Waals surface area contributed by atoms with E-state index >= 15 is 0 Å². The second kappa shape index (κ2) is 8.03. The van der Waals surface area contributed by atoms with E-state index in [0.717, 1.165) is 51.4 Å². The zero-order valence-electron chi connectivity index (χ0n) is 17.1. The van der Waals surface area contributed by atoms with Crippen LogP contribution < -0.4 is 0 Å². The zero-order valence-corrected chi connectivity index (χ0v) is 17.1. The van der Waals surface area contributed by atoms with E-state index in [1.165, 1.54) is 0 Å². The van der Waals surface area contributed by atoms with Gasteiger partial charge in [-0.15, -0.1) is 12.8 Å². The molecule has 0 aliphatic heterocycles. The number of carbonyl (C=O) groups is 1. The Morgan fingerprint density at radius 2 is 1.62 bits per heavy atom. The summed E-state index contributed by atoms with van der Waals surface area (Å²) in [5.41, 5.74) is 0.0929. The van der Waals surface area contributed by atoms with Crippen molar-refractivity contribution < 1.29 is 15.0 Å². The topological polar surface area (TPSA) is 57.5 Å². The molecule has 0 radical (unpaired) electrons. The Labute approximate surface area is 160 Å². The number of fused-ring (bicyclic) bond motifs is 5. The lowest BCUT2D eigenvalue weighted by Crippen LogP contribution is -2.58. The number of aliphatic hydroxyl groups excluding tert-OH is 2. The molecule has 4 aliphatic carbocycles. The summed E-state index contributed by atoms with van der Waals surface area (Å²) in [5.74, 6) is 2.13. The van der Waals surface area contributed by atoms with Crippen molar-refractivity contribution in [1.29, 1.82) is 0 Å². The van der Waals surface area contributed by atoms with Gasteiger partial charge >= 0.3 is 0 Å². The van der Waals surface area contributed by atoms with Gasteiger partial charge in [-0.25, -0.2) is 0 Å². The molecule has 26 heavy (non-hydrogen) atoms. The van der Waals surface area contributed by atoms with Gasteiger partial charge in [0.05, 0.1) is 12.2 Å². The molecule has 4 rings (SSSR count). The fraction of sp³-hybridized carbons (Fsp3) is 0.870. The highest BCUT2D eigenvalue weighted by Gasteiger charge is 2.62. The van der Waals surface area contributed by atoms with E-state index in [1.54, 1.807) is 0 Å². The van der Waals surface area contributed by atoms with Crippen molar-refractivity contribution in [3.8, 4) is 12.8 Å². The van der Waals surface area contributed by atoms with Crippen molar-refractivity contribution in [3.05, 3.63) is 0 Å². The highest BCUT2D eigenvalue weighted by atomic mass is 16.3. The SMILES string of the molecule is C#C.CC.C[C@]12CC[C@H](O)C[C@@H]1C[C@H](O)[C@@H]1[C@@H]2CC[C@]2(C)C(=O)CC[C@@H]12. The number of carbonyl (C=O) groups excluding carboxylic acids is 1. The van der Waals surface area contributed by atoms with Crippen molar-refractivity contribution in [3.63, 3.8) is 0 Å². The van der Waals surface area contributed by atoms with E-state index < -0.39 is 0 Å². The Balaban J connectivity index is 0.000000570. The van der Waals surface area contributed by atoms with Crippen LogP contribution in [0.2, 0.25) is 0 Å². The molecule has 0 bridgehead atoms. The van der Waals surface area contributed by atoms with Crippen LogP contribution >= 0.6 is 0 Å². The maximum Gasteiger partial charge on any atom is 0.139 e. The van der Waals surface area contributed by atoms with Crippen LogP contribution in [0.1, 0.15) is 79.1 Å². The first-order valence-corrected chi connectivity index (χ1v) is 10.6. The van der Waals surface area contributed by atoms with Crippen LogP contribution in [0.15, 0.2) is 0 Å². The number of hydrogen-bond donors (Lipinski definition) is 2. The number of hydrogen-bond acceptors (Lipinski definition) is 3. The number of aliphatic hydroxyl groups is 2. The summed E-state index contributed by atoms with van der Waals surface area (Å²) in [6.45, 7) is 8.57. The minimum Gasteiger partial charge on any atom is -0.393 e. The Kier molecular flexibility index (Phi) is 6.62. The fourth-order valence-corrected chi connectivity index (χ4v) is 6.97. The van der Waals surface area contributed by atoms with E-state index in [4.69, 9.17) is 0 Å². The molecule has 0 spiro atoms. The summed E-state index contributed by atoms with van der Waals surface area (Å²) in [7, 11) is 0. The van der Waals surface area contributed by atoms with E-state index in [9.17, 15) is 15.0 Å². The molecule has 2 N–H and O–H groups in total. The minimum absolute atomic E-state index is 0.167. The molecule has 4 aliphatic rings. The molecule has 0 unspecified atom stereocenters. The summed E-state index contributed by atoms with van der Waals surface area (Å²) in [5, 5.41) is 20.9. The molecule has 3 heteroatoms. The Morgan fingerprint density at radius 1 is 0.962 bits per heavy atom. The third-order valence-electron chi connectivity index (χ3n) is 8.36. The van der Waals surface area contributed by atoms with Gasteiger partial charge in [-0.1, -0.05) is 27.7 Å². The zero-order chi connectivity index (χ0) is 19.7. The van der Waals surface area contributed by atoms with Crippen LogP contribution in [-0.2, 0) is 4.79 Å². The summed E-state index contributed by atoms with van der Waals surface area (Å²) in [4.78, 5) is 12.4.